The van der Waals surface area contributed by atoms with Crippen molar-refractivity contribution < 1.29 is 13.2 Å². The third kappa shape index (κ3) is 4.60. The summed E-state index contributed by atoms with van der Waals surface area (Å²) >= 11 is 0. The summed E-state index contributed by atoms with van der Waals surface area (Å²) in [6, 6.07) is 20.7. The number of sulfonamides is 1. The summed E-state index contributed by atoms with van der Waals surface area (Å²) in [4.78, 5) is 13.2. The molecule has 0 saturated heterocycles. The molecule has 0 aliphatic carbocycles. The van der Waals surface area contributed by atoms with Crippen molar-refractivity contribution in [3.05, 3.63) is 90.9 Å². The van der Waals surface area contributed by atoms with E-state index in [0.717, 1.165) is 11.3 Å². The molecule has 0 spiro atoms. The van der Waals surface area contributed by atoms with E-state index in [9.17, 15) is 8.42 Å². The van der Waals surface area contributed by atoms with Gasteiger partial charge in [-0.3, -0.25) is 9.29 Å². The second-order valence-electron chi connectivity index (χ2n) is 6.99. The first-order valence-electron chi connectivity index (χ1n) is 10.1. The minimum Gasteiger partial charge on any atom is -0.439 e. The minimum absolute atomic E-state index is 0.186. The van der Waals surface area contributed by atoms with E-state index < -0.39 is 10.0 Å². The van der Waals surface area contributed by atoms with Crippen LogP contribution in [0.5, 0.6) is 11.6 Å². The smallest absolute Gasteiger partial charge is 0.264 e. The lowest BCUT2D eigenvalue weighted by molar-refractivity contribution is 0.461. The highest BCUT2D eigenvalue weighted by atomic mass is 32.2. The summed E-state index contributed by atoms with van der Waals surface area (Å²) in [6.07, 6.45) is 3.37. The molecular formula is C24H22N4O3S. The van der Waals surface area contributed by atoms with Crippen LogP contribution in [0.4, 0.5) is 5.69 Å². The number of hydrogen-bond donors (Lipinski definition) is 0. The van der Waals surface area contributed by atoms with E-state index in [0.29, 0.717) is 29.7 Å². The van der Waals surface area contributed by atoms with E-state index in [-0.39, 0.29) is 4.90 Å². The molecule has 0 atom stereocenters. The van der Waals surface area contributed by atoms with Crippen LogP contribution in [-0.2, 0) is 10.0 Å². The molecule has 4 aromatic rings. The Labute approximate surface area is 187 Å². The summed E-state index contributed by atoms with van der Waals surface area (Å²) in [5.74, 6) is 1.35. The van der Waals surface area contributed by atoms with Gasteiger partial charge in [-0.15, -0.1) is 0 Å². The summed E-state index contributed by atoms with van der Waals surface area (Å²) in [5, 5.41) is 0. The fraction of sp³-hybridized carbons (Fsp3) is 0.125. The van der Waals surface area contributed by atoms with Crippen molar-refractivity contribution in [1.29, 1.82) is 0 Å². The van der Waals surface area contributed by atoms with E-state index in [2.05, 4.69) is 15.0 Å². The lowest BCUT2D eigenvalue weighted by atomic mass is 10.2. The van der Waals surface area contributed by atoms with E-state index in [4.69, 9.17) is 4.74 Å². The summed E-state index contributed by atoms with van der Waals surface area (Å²) in [7, 11) is -3.70. The van der Waals surface area contributed by atoms with Crippen molar-refractivity contribution in [3.8, 4) is 23.0 Å². The number of nitrogens with zero attached hydrogens (tertiary/aromatic N) is 4. The van der Waals surface area contributed by atoms with Gasteiger partial charge in [0.05, 0.1) is 10.6 Å². The Morgan fingerprint density at radius 1 is 0.938 bits per heavy atom. The van der Waals surface area contributed by atoms with Crippen LogP contribution in [0.15, 0.2) is 90.1 Å². The first-order valence-corrected chi connectivity index (χ1v) is 11.5. The average molecular weight is 447 g/mol. The summed E-state index contributed by atoms with van der Waals surface area (Å²) in [6.45, 7) is 3.98. The minimum atomic E-state index is -3.70. The van der Waals surface area contributed by atoms with Gasteiger partial charge in [0, 0.05) is 36.3 Å². The molecule has 0 saturated carbocycles. The normalized spacial score (nSPS) is 11.2. The van der Waals surface area contributed by atoms with Crippen LogP contribution in [0.2, 0.25) is 0 Å². The Morgan fingerprint density at radius 2 is 1.69 bits per heavy atom. The third-order valence-electron chi connectivity index (χ3n) is 4.72. The Morgan fingerprint density at radius 3 is 2.34 bits per heavy atom. The fourth-order valence-electron chi connectivity index (χ4n) is 3.23. The number of para-hydroxylation sites is 1. The van der Waals surface area contributed by atoms with E-state index in [1.54, 1.807) is 49.6 Å². The largest absolute Gasteiger partial charge is 0.439 e. The topological polar surface area (TPSA) is 85.3 Å². The maximum Gasteiger partial charge on any atom is 0.264 e. The average Bonchev–Trinajstić information content (AvgIpc) is 2.81. The number of pyridine rings is 1. The third-order valence-corrected chi connectivity index (χ3v) is 6.63. The predicted molar refractivity (Wildman–Crippen MR) is 123 cm³/mol. The van der Waals surface area contributed by atoms with Gasteiger partial charge in [-0.05, 0) is 62.4 Å². The van der Waals surface area contributed by atoms with Gasteiger partial charge in [0.2, 0.25) is 5.88 Å². The molecule has 0 amide bonds. The SMILES string of the molecule is CCN(c1ccccc1)S(=O)(=O)c1ccc(Oc2cc(C)nc(-c3cccnc3)n2)cc1. The molecule has 0 unspecified atom stereocenters. The highest BCUT2D eigenvalue weighted by Gasteiger charge is 2.23. The number of anilines is 1. The zero-order chi connectivity index (χ0) is 22.6. The van der Waals surface area contributed by atoms with Crippen molar-refractivity contribution in [2.45, 2.75) is 18.7 Å². The Bertz CT molecular complexity index is 1300. The monoisotopic (exact) mass is 446 g/mol. The molecule has 32 heavy (non-hydrogen) atoms. The lowest BCUT2D eigenvalue weighted by Crippen LogP contribution is -2.30. The quantitative estimate of drug-likeness (QED) is 0.403. The molecule has 4 rings (SSSR count). The van der Waals surface area contributed by atoms with Gasteiger partial charge in [-0.1, -0.05) is 18.2 Å². The van der Waals surface area contributed by atoms with Crippen LogP contribution >= 0.6 is 0 Å². The van der Waals surface area contributed by atoms with Crippen molar-refractivity contribution in [2.24, 2.45) is 0 Å². The highest BCUT2D eigenvalue weighted by Crippen LogP contribution is 2.27. The van der Waals surface area contributed by atoms with Gasteiger partial charge < -0.3 is 4.74 Å². The van der Waals surface area contributed by atoms with E-state index in [1.807, 2.05) is 37.3 Å². The molecule has 8 heteroatoms. The Kier molecular flexibility index (Phi) is 6.13. The van der Waals surface area contributed by atoms with Crippen molar-refractivity contribution in [2.75, 3.05) is 10.8 Å². The van der Waals surface area contributed by atoms with Crippen LogP contribution in [0, 0.1) is 6.92 Å². The van der Waals surface area contributed by atoms with Gasteiger partial charge in [0.25, 0.3) is 10.0 Å². The van der Waals surface area contributed by atoms with Crippen LogP contribution in [0.3, 0.4) is 0 Å². The van der Waals surface area contributed by atoms with Crippen molar-refractivity contribution >= 4 is 15.7 Å². The maximum absolute atomic E-state index is 13.1. The molecule has 2 aromatic carbocycles. The van der Waals surface area contributed by atoms with Crippen LogP contribution < -0.4 is 9.04 Å². The number of aromatic nitrogens is 3. The molecule has 7 nitrogen and oxygen atoms in total. The molecule has 2 aromatic heterocycles. The molecule has 0 aliphatic heterocycles. The second-order valence-corrected chi connectivity index (χ2v) is 8.85. The number of benzene rings is 2. The first kappa shape index (κ1) is 21.5. The molecule has 0 N–H and O–H groups in total. The van der Waals surface area contributed by atoms with Crippen molar-refractivity contribution in [3.63, 3.8) is 0 Å². The van der Waals surface area contributed by atoms with Gasteiger partial charge in [-0.2, -0.15) is 4.98 Å². The maximum atomic E-state index is 13.1. The standard InChI is InChI=1S/C24H22N4O3S/c1-3-28(20-9-5-4-6-10-20)32(29,30)22-13-11-21(12-14-22)31-23-16-18(2)26-24(27-23)19-8-7-15-25-17-19/h4-17H,3H2,1-2H3. The second kappa shape index (κ2) is 9.15. The van der Waals surface area contributed by atoms with Gasteiger partial charge >= 0.3 is 0 Å². The molecule has 162 valence electrons. The Balaban J connectivity index is 1.58. The van der Waals surface area contributed by atoms with Gasteiger partial charge in [0.1, 0.15) is 5.75 Å². The first-order chi connectivity index (χ1) is 15.5. The molecule has 2 heterocycles. The molecule has 0 aliphatic rings. The number of ether oxygens (including phenoxy) is 1. The number of hydrogen-bond acceptors (Lipinski definition) is 6. The van der Waals surface area contributed by atoms with Gasteiger partial charge in [0.15, 0.2) is 5.82 Å². The van der Waals surface area contributed by atoms with E-state index in [1.165, 1.54) is 16.4 Å². The predicted octanol–water partition coefficient (Wildman–Crippen LogP) is 4.85. The molecule has 0 bridgehead atoms. The van der Waals surface area contributed by atoms with Crippen LogP contribution in [-0.4, -0.2) is 29.9 Å². The van der Waals surface area contributed by atoms with Crippen LogP contribution in [0.1, 0.15) is 12.6 Å². The molecular weight excluding hydrogens is 424 g/mol. The molecule has 0 radical (unpaired) electrons. The zero-order valence-corrected chi connectivity index (χ0v) is 18.5. The Hall–Kier alpha value is -3.78. The van der Waals surface area contributed by atoms with E-state index >= 15 is 0 Å². The summed E-state index contributed by atoms with van der Waals surface area (Å²) in [5.41, 5.74) is 2.15. The zero-order valence-electron chi connectivity index (χ0n) is 17.7. The summed E-state index contributed by atoms with van der Waals surface area (Å²) < 4.78 is 33.5. The fourth-order valence-corrected chi connectivity index (χ4v) is 4.70. The highest BCUT2D eigenvalue weighted by molar-refractivity contribution is 7.92. The number of rotatable bonds is 7. The van der Waals surface area contributed by atoms with Gasteiger partial charge in [-0.25, -0.2) is 13.4 Å². The van der Waals surface area contributed by atoms with Crippen LogP contribution in [0.25, 0.3) is 11.4 Å². The lowest BCUT2D eigenvalue weighted by Gasteiger charge is -2.23. The number of aryl methyl sites for hydroxylation is 1. The molecule has 0 fully saturated rings. The van der Waals surface area contributed by atoms with Crippen molar-refractivity contribution in [1.82, 2.24) is 15.0 Å².